The lowest BCUT2D eigenvalue weighted by molar-refractivity contribution is -0.140. The molecule has 6 nitrogen and oxygen atoms in total. The van der Waals surface area contributed by atoms with E-state index < -0.39 is 5.41 Å². The summed E-state index contributed by atoms with van der Waals surface area (Å²) < 4.78 is 1.45. The zero-order valence-corrected chi connectivity index (χ0v) is 14.2. The largest absolute Gasteiger partial charge is 0.326 e. The number of carbonyl (C=O) groups excluding carboxylic acids is 1. The molecule has 0 bridgehead atoms. The van der Waals surface area contributed by atoms with Gasteiger partial charge in [0.1, 0.15) is 0 Å². The van der Waals surface area contributed by atoms with Crippen molar-refractivity contribution in [2.75, 3.05) is 6.54 Å². The first kappa shape index (κ1) is 15.5. The minimum Gasteiger partial charge on any atom is -0.326 e. The van der Waals surface area contributed by atoms with Gasteiger partial charge >= 0.3 is 0 Å². The van der Waals surface area contributed by atoms with E-state index in [9.17, 15) is 9.59 Å². The lowest BCUT2D eigenvalue weighted by Crippen LogP contribution is -2.39. The fourth-order valence-corrected chi connectivity index (χ4v) is 2.82. The number of fused-ring (bicyclic) bond motifs is 1. The molecule has 122 valence electrons. The van der Waals surface area contributed by atoms with Crippen molar-refractivity contribution < 1.29 is 4.79 Å². The van der Waals surface area contributed by atoms with Crippen LogP contribution in [0.4, 0.5) is 0 Å². The number of nitrogens with one attached hydrogen (secondary N) is 1. The van der Waals surface area contributed by atoms with Crippen LogP contribution in [0.25, 0.3) is 5.65 Å². The topological polar surface area (TPSA) is 70.5 Å². The molecule has 0 aliphatic carbocycles. The fourth-order valence-electron chi connectivity index (χ4n) is 2.82. The molecule has 2 aromatic heterocycles. The van der Waals surface area contributed by atoms with Gasteiger partial charge in [0.15, 0.2) is 5.65 Å². The zero-order chi connectivity index (χ0) is 16.9. The molecule has 1 aliphatic rings. The van der Waals surface area contributed by atoms with Crippen molar-refractivity contribution in [1.29, 1.82) is 0 Å². The van der Waals surface area contributed by atoms with Gasteiger partial charge in [0.05, 0.1) is 11.7 Å². The molecule has 0 unspecified atom stereocenters. The Balaban J connectivity index is 2.06. The van der Waals surface area contributed by atoms with Crippen LogP contribution in [0.3, 0.4) is 0 Å². The second-order valence-electron chi connectivity index (χ2n) is 7.11. The van der Waals surface area contributed by atoms with Crippen molar-refractivity contribution in [2.24, 2.45) is 5.41 Å². The van der Waals surface area contributed by atoms with Crippen molar-refractivity contribution in [3.63, 3.8) is 0 Å². The Labute approximate surface area is 134 Å². The number of H-pyrrole nitrogens is 1. The second kappa shape index (κ2) is 5.08. The maximum atomic E-state index is 12.6. The molecule has 23 heavy (non-hydrogen) atoms. The second-order valence-corrected chi connectivity index (χ2v) is 7.11. The molecule has 3 rings (SSSR count). The van der Waals surface area contributed by atoms with Crippen LogP contribution in [0.1, 0.15) is 43.8 Å². The average molecular weight is 314 g/mol. The number of amides is 1. The molecule has 0 aromatic carbocycles. The first-order valence-corrected chi connectivity index (χ1v) is 7.77. The number of nitrogens with zero attached hydrogens (tertiary/aromatic N) is 3. The zero-order valence-electron chi connectivity index (χ0n) is 14.2. The van der Waals surface area contributed by atoms with E-state index in [0.29, 0.717) is 17.8 Å². The van der Waals surface area contributed by atoms with Gasteiger partial charge in [-0.3, -0.25) is 14.7 Å². The summed E-state index contributed by atoms with van der Waals surface area (Å²) in [4.78, 5) is 31.2. The third-order valence-corrected chi connectivity index (χ3v) is 4.28. The van der Waals surface area contributed by atoms with E-state index in [1.54, 1.807) is 6.92 Å². The van der Waals surface area contributed by atoms with Gasteiger partial charge in [-0.25, -0.2) is 9.50 Å². The quantitative estimate of drug-likeness (QED) is 0.820. The Morgan fingerprint density at radius 3 is 2.70 bits per heavy atom. The van der Waals surface area contributed by atoms with Crippen molar-refractivity contribution >= 4 is 11.6 Å². The molecule has 3 heterocycles. The summed E-state index contributed by atoms with van der Waals surface area (Å²) in [6.07, 6.45) is 3.96. The average Bonchev–Trinajstić information content (AvgIpc) is 3.09. The summed E-state index contributed by atoms with van der Waals surface area (Å²) in [5, 5.41) is 3.11. The summed E-state index contributed by atoms with van der Waals surface area (Å²) in [5.74, 6) is 0.0822. The fraction of sp³-hybridized carbons (Fsp3) is 0.471. The van der Waals surface area contributed by atoms with Crippen LogP contribution in [0.5, 0.6) is 0 Å². The number of aromatic nitrogens is 3. The summed E-state index contributed by atoms with van der Waals surface area (Å²) in [6.45, 7) is 9.91. The first-order chi connectivity index (χ1) is 10.7. The van der Waals surface area contributed by atoms with Crippen molar-refractivity contribution in [2.45, 2.75) is 40.7 Å². The predicted molar refractivity (Wildman–Crippen MR) is 88.3 cm³/mol. The highest BCUT2D eigenvalue weighted by Gasteiger charge is 2.34. The Hall–Kier alpha value is -2.37. The summed E-state index contributed by atoms with van der Waals surface area (Å²) >= 11 is 0. The van der Waals surface area contributed by atoms with Gasteiger partial charge in [0.2, 0.25) is 5.91 Å². The molecule has 1 amide bonds. The third-order valence-electron chi connectivity index (χ3n) is 4.28. The maximum Gasteiger partial charge on any atom is 0.275 e. The van der Waals surface area contributed by atoms with Crippen molar-refractivity contribution in [3.05, 3.63) is 45.5 Å². The van der Waals surface area contributed by atoms with E-state index in [1.165, 1.54) is 4.52 Å². The lowest BCUT2D eigenvalue weighted by Gasteiger charge is -2.30. The molecule has 1 atom stereocenters. The smallest absolute Gasteiger partial charge is 0.275 e. The highest BCUT2D eigenvalue weighted by molar-refractivity contribution is 5.82. The number of carbonyl (C=O) groups is 1. The maximum absolute atomic E-state index is 12.6. The van der Waals surface area contributed by atoms with Crippen LogP contribution < -0.4 is 5.56 Å². The van der Waals surface area contributed by atoms with Crippen LogP contribution in [0.2, 0.25) is 0 Å². The summed E-state index contributed by atoms with van der Waals surface area (Å²) in [5.41, 5.74) is 2.18. The van der Waals surface area contributed by atoms with E-state index in [0.717, 1.165) is 11.4 Å². The van der Waals surface area contributed by atoms with Crippen LogP contribution in [0.15, 0.2) is 23.0 Å². The standard InChI is InChI=1S/C17H22N4O2/c1-10-11(2)18-14-9-12(19-21(14)15(10)22)13-7-6-8-20(13)16(23)17(3,4)5/h6-7,9,13,19H,8H2,1-5H3/t13-/m1/s1. The molecule has 0 spiro atoms. The normalized spacial score (nSPS) is 18.1. The minimum absolute atomic E-state index is 0.0822. The molecule has 6 heteroatoms. The van der Waals surface area contributed by atoms with Crippen molar-refractivity contribution in [1.82, 2.24) is 19.5 Å². The third kappa shape index (κ3) is 2.48. The van der Waals surface area contributed by atoms with Crippen molar-refractivity contribution in [3.8, 4) is 0 Å². The number of aromatic amines is 1. The number of rotatable bonds is 1. The number of hydrogen-bond acceptors (Lipinski definition) is 3. The Kier molecular flexibility index (Phi) is 3.43. The summed E-state index contributed by atoms with van der Waals surface area (Å²) in [6, 6.07) is 1.65. The summed E-state index contributed by atoms with van der Waals surface area (Å²) in [7, 11) is 0. The molecule has 0 saturated carbocycles. The number of aryl methyl sites for hydroxylation is 1. The molecule has 0 fully saturated rings. The van der Waals surface area contributed by atoms with Gasteiger partial charge < -0.3 is 4.90 Å². The molecule has 2 aromatic rings. The SMILES string of the molecule is Cc1nc2cc([C@H]3C=CCN3C(=O)C(C)(C)C)[nH]n2c(=O)c1C. The molecular formula is C17H22N4O2. The van der Waals surface area contributed by atoms with Gasteiger partial charge in [-0.2, -0.15) is 0 Å². The van der Waals surface area contributed by atoms with Gasteiger partial charge in [-0.1, -0.05) is 32.9 Å². The first-order valence-electron chi connectivity index (χ1n) is 7.77. The highest BCUT2D eigenvalue weighted by atomic mass is 16.2. The number of hydrogen-bond donors (Lipinski definition) is 1. The van der Waals surface area contributed by atoms with E-state index >= 15 is 0 Å². The molecule has 0 saturated heterocycles. The van der Waals surface area contributed by atoms with E-state index in [1.807, 2.05) is 50.8 Å². The Bertz CT molecular complexity index is 867. The van der Waals surface area contributed by atoms with Gasteiger partial charge in [-0.15, -0.1) is 0 Å². The van der Waals surface area contributed by atoms with Crippen LogP contribution in [0, 0.1) is 19.3 Å². The van der Waals surface area contributed by atoms with Gasteiger partial charge in [0.25, 0.3) is 5.56 Å². The van der Waals surface area contributed by atoms with Crippen LogP contribution in [-0.2, 0) is 4.79 Å². The van der Waals surface area contributed by atoms with E-state index in [-0.39, 0.29) is 17.5 Å². The van der Waals surface area contributed by atoms with Crippen LogP contribution in [-0.4, -0.2) is 31.9 Å². The molecule has 1 aliphatic heterocycles. The predicted octanol–water partition coefficient (Wildman–Crippen LogP) is 2.13. The highest BCUT2D eigenvalue weighted by Crippen LogP contribution is 2.30. The minimum atomic E-state index is -0.446. The Morgan fingerprint density at radius 2 is 2.04 bits per heavy atom. The molecular weight excluding hydrogens is 292 g/mol. The van der Waals surface area contributed by atoms with Crippen LogP contribution >= 0.6 is 0 Å². The van der Waals surface area contributed by atoms with Gasteiger partial charge in [0, 0.05) is 29.3 Å². The Morgan fingerprint density at radius 1 is 1.35 bits per heavy atom. The monoisotopic (exact) mass is 314 g/mol. The molecule has 1 N–H and O–H groups in total. The lowest BCUT2D eigenvalue weighted by atomic mass is 9.94. The van der Waals surface area contributed by atoms with E-state index in [4.69, 9.17) is 0 Å². The van der Waals surface area contributed by atoms with Gasteiger partial charge in [-0.05, 0) is 13.8 Å². The van der Waals surface area contributed by atoms with E-state index in [2.05, 4.69) is 10.1 Å². The molecule has 0 radical (unpaired) electrons.